The van der Waals surface area contributed by atoms with Crippen LogP contribution in [0.15, 0.2) is 5.38 Å². The average molecular weight is 226 g/mol. The molecule has 1 atom stereocenters. The predicted molar refractivity (Wildman–Crippen MR) is 62.6 cm³/mol. The Kier molecular flexibility index (Phi) is 3.97. The van der Waals surface area contributed by atoms with Crippen LogP contribution in [0.25, 0.3) is 0 Å². The summed E-state index contributed by atoms with van der Waals surface area (Å²) in [5, 5.41) is 6.30. The van der Waals surface area contributed by atoms with Crippen molar-refractivity contribution in [1.29, 1.82) is 0 Å². The van der Waals surface area contributed by atoms with Crippen LogP contribution in [0.1, 0.15) is 25.5 Å². The molecule has 1 N–H and O–H groups in total. The molecule has 0 bridgehead atoms. The molecule has 0 radical (unpaired) electrons. The van der Waals surface area contributed by atoms with Gasteiger partial charge in [-0.3, -0.25) is 0 Å². The smallest absolute Gasteiger partial charge is 0.273 e. The van der Waals surface area contributed by atoms with Crippen molar-refractivity contribution in [3.05, 3.63) is 11.1 Å². The maximum Gasteiger partial charge on any atom is 0.273 e. The summed E-state index contributed by atoms with van der Waals surface area (Å²) >= 11 is 1.61. The van der Waals surface area contributed by atoms with Crippen LogP contribution < -0.4 is 10.1 Å². The zero-order chi connectivity index (χ0) is 10.5. The predicted octanol–water partition coefficient (Wildman–Crippen LogP) is 2.08. The molecule has 1 aromatic heterocycles. The molecule has 1 fully saturated rings. The molecule has 1 aliphatic rings. The molecule has 1 aliphatic heterocycles. The molecule has 1 saturated heterocycles. The first-order valence-corrected chi connectivity index (χ1v) is 6.54. The molecule has 0 spiro atoms. The van der Waals surface area contributed by atoms with Crippen LogP contribution in [0.3, 0.4) is 0 Å². The summed E-state index contributed by atoms with van der Waals surface area (Å²) < 4.78 is 5.70. The van der Waals surface area contributed by atoms with Crippen molar-refractivity contribution < 1.29 is 4.74 Å². The van der Waals surface area contributed by atoms with Gasteiger partial charge in [-0.2, -0.15) is 0 Å². The number of aryl methyl sites for hydroxylation is 1. The van der Waals surface area contributed by atoms with Gasteiger partial charge in [-0.05, 0) is 25.8 Å². The molecule has 2 rings (SSSR count). The summed E-state index contributed by atoms with van der Waals surface area (Å²) in [6.07, 6.45) is 3.54. The Morgan fingerprint density at radius 3 is 3.27 bits per heavy atom. The van der Waals surface area contributed by atoms with Crippen molar-refractivity contribution in [1.82, 2.24) is 10.3 Å². The number of thiazole rings is 1. The van der Waals surface area contributed by atoms with Crippen molar-refractivity contribution in [2.45, 2.75) is 26.2 Å². The van der Waals surface area contributed by atoms with Gasteiger partial charge in [0.25, 0.3) is 5.19 Å². The van der Waals surface area contributed by atoms with E-state index in [1.165, 1.54) is 12.8 Å². The van der Waals surface area contributed by atoms with Gasteiger partial charge >= 0.3 is 0 Å². The average Bonchev–Trinajstić information content (AvgIpc) is 2.76. The van der Waals surface area contributed by atoms with Crippen LogP contribution in [0.2, 0.25) is 0 Å². The zero-order valence-corrected chi connectivity index (χ0v) is 9.98. The minimum absolute atomic E-state index is 0.660. The SMILES string of the molecule is CCc1csc(OCC2CCCNC2)n1. The second kappa shape index (κ2) is 5.47. The molecule has 1 aromatic rings. The quantitative estimate of drug-likeness (QED) is 0.853. The second-order valence-electron chi connectivity index (χ2n) is 3.98. The first kappa shape index (κ1) is 10.9. The van der Waals surface area contributed by atoms with E-state index in [4.69, 9.17) is 4.74 Å². The van der Waals surface area contributed by atoms with E-state index in [0.717, 1.165) is 37.0 Å². The summed E-state index contributed by atoms with van der Waals surface area (Å²) in [6, 6.07) is 0. The van der Waals surface area contributed by atoms with Gasteiger partial charge in [0, 0.05) is 17.8 Å². The Bertz CT molecular complexity index is 295. The molecule has 0 aromatic carbocycles. The molecular formula is C11H18N2OS. The molecule has 84 valence electrons. The summed E-state index contributed by atoms with van der Waals surface area (Å²) in [5.74, 6) is 0.660. The van der Waals surface area contributed by atoms with Crippen molar-refractivity contribution >= 4 is 11.3 Å². The maximum absolute atomic E-state index is 5.70. The van der Waals surface area contributed by atoms with Gasteiger partial charge in [-0.25, -0.2) is 4.98 Å². The third-order valence-corrected chi connectivity index (χ3v) is 3.54. The van der Waals surface area contributed by atoms with Gasteiger partial charge in [0.05, 0.1) is 12.3 Å². The lowest BCUT2D eigenvalue weighted by Gasteiger charge is -2.21. The van der Waals surface area contributed by atoms with Crippen molar-refractivity contribution in [3.8, 4) is 5.19 Å². The molecule has 4 heteroatoms. The van der Waals surface area contributed by atoms with Crippen LogP contribution in [0.5, 0.6) is 5.19 Å². The van der Waals surface area contributed by atoms with E-state index in [-0.39, 0.29) is 0 Å². The summed E-state index contributed by atoms with van der Waals surface area (Å²) in [7, 11) is 0. The Morgan fingerprint density at radius 1 is 1.67 bits per heavy atom. The van der Waals surface area contributed by atoms with Gasteiger partial charge in [0.2, 0.25) is 0 Å². The fraction of sp³-hybridized carbons (Fsp3) is 0.727. The lowest BCUT2D eigenvalue weighted by Crippen LogP contribution is -2.33. The fourth-order valence-corrected chi connectivity index (χ4v) is 2.53. The van der Waals surface area contributed by atoms with E-state index < -0.39 is 0 Å². The molecule has 1 unspecified atom stereocenters. The minimum atomic E-state index is 0.660. The third kappa shape index (κ3) is 3.18. The highest BCUT2D eigenvalue weighted by molar-refractivity contribution is 7.11. The van der Waals surface area contributed by atoms with Crippen molar-refractivity contribution in [2.75, 3.05) is 19.7 Å². The topological polar surface area (TPSA) is 34.1 Å². The number of nitrogens with one attached hydrogen (secondary N) is 1. The lowest BCUT2D eigenvalue weighted by molar-refractivity contribution is 0.217. The van der Waals surface area contributed by atoms with Crippen molar-refractivity contribution in [3.63, 3.8) is 0 Å². The number of piperidine rings is 1. The molecule has 2 heterocycles. The number of hydrogen-bond donors (Lipinski definition) is 1. The molecule has 3 nitrogen and oxygen atoms in total. The number of hydrogen-bond acceptors (Lipinski definition) is 4. The number of nitrogens with zero attached hydrogens (tertiary/aromatic N) is 1. The summed E-state index contributed by atoms with van der Waals surface area (Å²) in [6.45, 7) is 5.17. The Labute approximate surface area is 94.9 Å². The molecular weight excluding hydrogens is 208 g/mol. The van der Waals surface area contributed by atoms with E-state index in [1.54, 1.807) is 11.3 Å². The normalized spacial score (nSPS) is 21.5. The first-order chi connectivity index (χ1) is 7.38. The summed E-state index contributed by atoms with van der Waals surface area (Å²) in [4.78, 5) is 4.39. The van der Waals surface area contributed by atoms with Gasteiger partial charge in [0.15, 0.2) is 0 Å². The van der Waals surface area contributed by atoms with Crippen LogP contribution in [0.4, 0.5) is 0 Å². The van der Waals surface area contributed by atoms with E-state index in [2.05, 4.69) is 22.6 Å². The van der Waals surface area contributed by atoms with Gasteiger partial charge < -0.3 is 10.1 Å². The maximum atomic E-state index is 5.70. The number of aromatic nitrogens is 1. The molecule has 0 saturated carbocycles. The van der Waals surface area contributed by atoms with Crippen molar-refractivity contribution in [2.24, 2.45) is 5.92 Å². The van der Waals surface area contributed by atoms with Gasteiger partial charge in [0.1, 0.15) is 0 Å². The van der Waals surface area contributed by atoms with E-state index in [9.17, 15) is 0 Å². The largest absolute Gasteiger partial charge is 0.470 e. The molecule has 15 heavy (non-hydrogen) atoms. The van der Waals surface area contributed by atoms with Crippen LogP contribution in [-0.4, -0.2) is 24.7 Å². The summed E-state index contributed by atoms with van der Waals surface area (Å²) in [5.41, 5.74) is 1.14. The van der Waals surface area contributed by atoms with Crippen LogP contribution >= 0.6 is 11.3 Å². The molecule has 0 aliphatic carbocycles. The molecule has 0 amide bonds. The standard InChI is InChI=1S/C11H18N2OS/c1-2-10-8-15-11(13-10)14-7-9-4-3-5-12-6-9/h8-9,12H,2-7H2,1H3. The lowest BCUT2D eigenvalue weighted by atomic mass is 10.0. The van der Waals surface area contributed by atoms with E-state index >= 15 is 0 Å². The monoisotopic (exact) mass is 226 g/mol. The van der Waals surface area contributed by atoms with Crippen LogP contribution in [0, 0.1) is 5.92 Å². The highest BCUT2D eigenvalue weighted by atomic mass is 32.1. The fourth-order valence-electron chi connectivity index (χ4n) is 1.77. The first-order valence-electron chi connectivity index (χ1n) is 5.66. The Hall–Kier alpha value is -0.610. The Morgan fingerprint density at radius 2 is 2.60 bits per heavy atom. The van der Waals surface area contributed by atoms with Crippen LogP contribution in [-0.2, 0) is 6.42 Å². The Balaban J connectivity index is 1.76. The number of ether oxygens (including phenoxy) is 1. The zero-order valence-electron chi connectivity index (χ0n) is 9.16. The minimum Gasteiger partial charge on any atom is -0.470 e. The van der Waals surface area contributed by atoms with Gasteiger partial charge in [-0.15, -0.1) is 0 Å². The van der Waals surface area contributed by atoms with E-state index in [0.29, 0.717) is 5.92 Å². The number of rotatable bonds is 4. The highest BCUT2D eigenvalue weighted by Gasteiger charge is 2.14. The highest BCUT2D eigenvalue weighted by Crippen LogP contribution is 2.20. The second-order valence-corrected chi connectivity index (χ2v) is 4.80. The van der Waals surface area contributed by atoms with E-state index in [1.807, 2.05) is 0 Å². The third-order valence-electron chi connectivity index (χ3n) is 2.73. The van der Waals surface area contributed by atoms with Gasteiger partial charge in [-0.1, -0.05) is 18.3 Å².